The standard InChI is InChI=1S/C38H43N3O5/c1-27-23-41(28(2)26-42)38(44)22-31-21-32(39-37(43)20-29-10-6-4-7-11-29)16-19-35(31)46-36(27)25-40(3)24-30-14-17-34(18-15-30)45-33-12-8-5-9-13-33/h4-19,21,27-28,36,42H,20,22-26H2,1-3H3,(H,39,43)/t27-,28+,36-/m0/s1. The third-order valence-corrected chi connectivity index (χ3v) is 8.25. The summed E-state index contributed by atoms with van der Waals surface area (Å²) in [6, 6.07) is 32.5. The zero-order chi connectivity index (χ0) is 32.5. The number of aliphatic hydroxyl groups is 1. The highest BCUT2D eigenvalue weighted by molar-refractivity contribution is 5.92. The van der Waals surface area contributed by atoms with E-state index in [-0.39, 0.29) is 49.3 Å². The Bertz CT molecular complexity index is 1580. The number of nitrogens with one attached hydrogen (secondary N) is 1. The Morgan fingerprint density at radius 2 is 1.65 bits per heavy atom. The van der Waals surface area contributed by atoms with E-state index in [2.05, 4.69) is 36.3 Å². The summed E-state index contributed by atoms with van der Waals surface area (Å²) < 4.78 is 12.6. The minimum absolute atomic E-state index is 0.0155. The van der Waals surface area contributed by atoms with E-state index in [9.17, 15) is 14.7 Å². The van der Waals surface area contributed by atoms with Crippen LogP contribution in [0.25, 0.3) is 0 Å². The van der Waals surface area contributed by atoms with E-state index in [0.717, 1.165) is 22.6 Å². The average molecular weight is 622 g/mol. The predicted molar refractivity (Wildman–Crippen MR) is 180 cm³/mol. The number of rotatable bonds is 11. The van der Waals surface area contributed by atoms with Gasteiger partial charge in [-0.05, 0) is 67.6 Å². The number of hydrogen-bond acceptors (Lipinski definition) is 6. The molecule has 0 bridgehead atoms. The molecule has 0 saturated carbocycles. The molecule has 3 atom stereocenters. The van der Waals surface area contributed by atoms with Gasteiger partial charge in [0.2, 0.25) is 11.8 Å². The molecule has 0 unspecified atom stereocenters. The molecule has 0 spiro atoms. The summed E-state index contributed by atoms with van der Waals surface area (Å²) in [5.74, 6) is 1.96. The van der Waals surface area contributed by atoms with Gasteiger partial charge in [0.25, 0.3) is 0 Å². The Kier molecular flexibility index (Phi) is 11.1. The van der Waals surface area contributed by atoms with Crippen molar-refractivity contribution < 1.29 is 24.2 Å². The Hall–Kier alpha value is -4.66. The lowest BCUT2D eigenvalue weighted by molar-refractivity contribution is -0.134. The van der Waals surface area contributed by atoms with Crippen molar-refractivity contribution >= 4 is 17.5 Å². The molecule has 2 N–H and O–H groups in total. The Morgan fingerprint density at radius 1 is 0.978 bits per heavy atom. The Morgan fingerprint density at radius 3 is 2.35 bits per heavy atom. The van der Waals surface area contributed by atoms with Gasteiger partial charge in [0, 0.05) is 36.8 Å². The highest BCUT2D eigenvalue weighted by atomic mass is 16.5. The fraction of sp³-hybridized carbons (Fsp3) is 0.316. The van der Waals surface area contributed by atoms with Gasteiger partial charge < -0.3 is 24.8 Å². The van der Waals surface area contributed by atoms with E-state index in [1.165, 1.54) is 0 Å². The lowest BCUT2D eigenvalue weighted by atomic mass is 10.0. The van der Waals surface area contributed by atoms with Crippen molar-refractivity contribution in [2.24, 2.45) is 5.92 Å². The molecule has 0 radical (unpaired) electrons. The number of anilines is 1. The Balaban J connectivity index is 1.30. The second-order valence-electron chi connectivity index (χ2n) is 12.2. The molecule has 240 valence electrons. The molecule has 0 saturated heterocycles. The molecule has 8 heteroatoms. The normalized spacial score (nSPS) is 17.2. The van der Waals surface area contributed by atoms with Crippen LogP contribution in [0, 0.1) is 5.92 Å². The third-order valence-electron chi connectivity index (χ3n) is 8.25. The molecule has 5 rings (SSSR count). The fourth-order valence-corrected chi connectivity index (χ4v) is 5.68. The van der Waals surface area contributed by atoms with E-state index >= 15 is 0 Å². The lowest BCUT2D eigenvalue weighted by Crippen LogP contribution is -2.47. The maximum absolute atomic E-state index is 13.6. The largest absolute Gasteiger partial charge is 0.488 e. The van der Waals surface area contributed by atoms with Gasteiger partial charge in [0.1, 0.15) is 23.4 Å². The number of nitrogens with zero attached hydrogens (tertiary/aromatic N) is 2. The number of para-hydroxylation sites is 1. The number of carbonyl (C=O) groups is 2. The summed E-state index contributed by atoms with van der Waals surface area (Å²) in [4.78, 5) is 30.3. The third kappa shape index (κ3) is 8.96. The van der Waals surface area contributed by atoms with E-state index in [4.69, 9.17) is 9.47 Å². The summed E-state index contributed by atoms with van der Waals surface area (Å²) >= 11 is 0. The first-order chi connectivity index (χ1) is 22.3. The minimum atomic E-state index is -0.333. The molecular formula is C38H43N3O5. The monoisotopic (exact) mass is 621 g/mol. The van der Waals surface area contributed by atoms with Gasteiger partial charge in [-0.1, -0.05) is 67.6 Å². The molecule has 2 amide bonds. The summed E-state index contributed by atoms with van der Waals surface area (Å²) in [5, 5.41) is 12.9. The molecule has 1 aliphatic heterocycles. The van der Waals surface area contributed by atoms with Crippen LogP contribution in [0.1, 0.15) is 30.5 Å². The molecule has 0 aliphatic carbocycles. The zero-order valence-electron chi connectivity index (χ0n) is 26.8. The molecule has 4 aromatic rings. The quantitative estimate of drug-likeness (QED) is 0.215. The molecule has 0 fully saturated rings. The molecule has 46 heavy (non-hydrogen) atoms. The van der Waals surface area contributed by atoms with Gasteiger partial charge in [-0.25, -0.2) is 0 Å². The van der Waals surface area contributed by atoms with Crippen LogP contribution in [0.15, 0.2) is 103 Å². The minimum Gasteiger partial charge on any atom is -0.488 e. The van der Waals surface area contributed by atoms with Crippen molar-refractivity contribution in [2.45, 2.75) is 45.4 Å². The number of hydrogen-bond donors (Lipinski definition) is 2. The van der Waals surface area contributed by atoms with Gasteiger partial charge in [-0.15, -0.1) is 0 Å². The van der Waals surface area contributed by atoms with Gasteiger partial charge >= 0.3 is 0 Å². The maximum Gasteiger partial charge on any atom is 0.228 e. The summed E-state index contributed by atoms with van der Waals surface area (Å²) in [5.41, 5.74) is 3.37. The molecular weight excluding hydrogens is 578 g/mol. The topological polar surface area (TPSA) is 91.3 Å². The molecule has 1 aliphatic rings. The van der Waals surface area contributed by atoms with E-state index < -0.39 is 0 Å². The number of ether oxygens (including phenoxy) is 2. The van der Waals surface area contributed by atoms with Gasteiger partial charge in [0.05, 0.1) is 25.5 Å². The summed E-state index contributed by atoms with van der Waals surface area (Å²) in [6.07, 6.45) is 0.126. The number of fused-ring (bicyclic) bond motifs is 1. The highest BCUT2D eigenvalue weighted by Crippen LogP contribution is 2.30. The van der Waals surface area contributed by atoms with Crippen molar-refractivity contribution in [3.8, 4) is 17.2 Å². The van der Waals surface area contributed by atoms with Crippen LogP contribution in [-0.2, 0) is 29.0 Å². The SMILES string of the molecule is C[C@H](CO)N1C[C@H](C)[C@H](CN(C)Cc2ccc(Oc3ccccc3)cc2)Oc2ccc(NC(=O)Cc3ccccc3)cc2CC1=O. The highest BCUT2D eigenvalue weighted by Gasteiger charge is 2.31. The van der Waals surface area contributed by atoms with Crippen LogP contribution in [0.3, 0.4) is 0 Å². The number of benzene rings is 4. The zero-order valence-corrected chi connectivity index (χ0v) is 26.8. The van der Waals surface area contributed by atoms with Crippen molar-refractivity contribution in [3.05, 3.63) is 120 Å². The van der Waals surface area contributed by atoms with Crippen LogP contribution in [0.2, 0.25) is 0 Å². The Labute approximate surface area is 271 Å². The lowest BCUT2D eigenvalue weighted by Gasteiger charge is -2.34. The first-order valence-electron chi connectivity index (χ1n) is 15.8. The van der Waals surface area contributed by atoms with Crippen molar-refractivity contribution in [2.75, 3.05) is 32.1 Å². The van der Waals surface area contributed by atoms with Crippen molar-refractivity contribution in [1.29, 1.82) is 0 Å². The van der Waals surface area contributed by atoms with Crippen LogP contribution in [0.5, 0.6) is 17.2 Å². The van der Waals surface area contributed by atoms with Crippen LogP contribution < -0.4 is 14.8 Å². The van der Waals surface area contributed by atoms with Crippen molar-refractivity contribution in [3.63, 3.8) is 0 Å². The second-order valence-corrected chi connectivity index (χ2v) is 12.2. The van der Waals surface area contributed by atoms with E-state index in [1.807, 2.05) is 97.9 Å². The van der Waals surface area contributed by atoms with E-state index in [0.29, 0.717) is 36.6 Å². The first kappa shape index (κ1) is 32.7. The van der Waals surface area contributed by atoms with Crippen LogP contribution in [-0.4, -0.2) is 65.6 Å². The first-order valence-corrected chi connectivity index (χ1v) is 15.8. The summed E-state index contributed by atoms with van der Waals surface area (Å²) in [7, 11) is 2.06. The van der Waals surface area contributed by atoms with Gasteiger partial charge in [-0.3, -0.25) is 14.5 Å². The smallest absolute Gasteiger partial charge is 0.228 e. The molecule has 4 aromatic carbocycles. The second kappa shape index (κ2) is 15.6. The molecule has 0 aromatic heterocycles. The maximum atomic E-state index is 13.6. The number of carbonyl (C=O) groups excluding carboxylic acids is 2. The summed E-state index contributed by atoms with van der Waals surface area (Å²) in [6.45, 7) is 5.59. The average Bonchev–Trinajstić information content (AvgIpc) is 3.09. The predicted octanol–water partition coefficient (Wildman–Crippen LogP) is 5.94. The van der Waals surface area contributed by atoms with Crippen molar-refractivity contribution in [1.82, 2.24) is 9.80 Å². The van der Waals surface area contributed by atoms with E-state index in [1.54, 1.807) is 4.90 Å². The van der Waals surface area contributed by atoms with Crippen LogP contribution in [0.4, 0.5) is 5.69 Å². The number of aliphatic hydroxyl groups excluding tert-OH is 1. The fourth-order valence-electron chi connectivity index (χ4n) is 5.68. The number of likely N-dealkylation sites (N-methyl/N-ethyl adjacent to an activating group) is 1. The van der Waals surface area contributed by atoms with Crippen LogP contribution >= 0.6 is 0 Å². The van der Waals surface area contributed by atoms with Gasteiger partial charge in [0.15, 0.2) is 0 Å². The molecule has 8 nitrogen and oxygen atoms in total. The van der Waals surface area contributed by atoms with Gasteiger partial charge in [-0.2, -0.15) is 0 Å². The number of amides is 2. The molecule has 1 heterocycles.